The molecule has 0 bridgehead atoms. The lowest BCUT2D eigenvalue weighted by molar-refractivity contribution is -0.138. The van der Waals surface area contributed by atoms with Gasteiger partial charge in [-0.2, -0.15) is 0 Å². The Kier molecular flexibility index (Phi) is 3.26. The Morgan fingerprint density at radius 2 is 1.79 bits per heavy atom. The number of hydrogen-bond acceptors (Lipinski definition) is 3. The van der Waals surface area contributed by atoms with Crippen molar-refractivity contribution in [1.82, 2.24) is 4.90 Å². The monoisotopic (exact) mass is 198 g/mol. The van der Waals surface area contributed by atoms with Crippen LogP contribution in [0.1, 0.15) is 33.1 Å². The van der Waals surface area contributed by atoms with Crippen LogP contribution in [0.4, 0.5) is 0 Å². The van der Waals surface area contributed by atoms with Crippen molar-refractivity contribution >= 4 is 11.8 Å². The zero-order chi connectivity index (χ0) is 10.8. The number of hydrogen-bond donors (Lipinski definition) is 1. The molecule has 1 aliphatic rings. The number of imide groups is 1. The standard InChI is InChI=1S/C10H18N2O2/c1-10(2,7-11)5-6-12-8(13)3-4-9(12)14/h3-7,11H2,1-2H3. The summed E-state index contributed by atoms with van der Waals surface area (Å²) in [5.74, 6) is -0.0781. The Balaban J connectivity index is 2.45. The Morgan fingerprint density at radius 3 is 2.21 bits per heavy atom. The van der Waals surface area contributed by atoms with Crippen LogP contribution in [-0.4, -0.2) is 29.8 Å². The SMILES string of the molecule is CC(C)(CN)CCN1C(=O)CCC1=O. The summed E-state index contributed by atoms with van der Waals surface area (Å²) in [6, 6.07) is 0. The third-order valence-electron chi connectivity index (χ3n) is 2.72. The van der Waals surface area contributed by atoms with E-state index < -0.39 is 0 Å². The van der Waals surface area contributed by atoms with E-state index in [0.29, 0.717) is 25.9 Å². The minimum atomic E-state index is -0.0391. The second kappa shape index (κ2) is 4.09. The van der Waals surface area contributed by atoms with Crippen molar-refractivity contribution in [2.24, 2.45) is 11.1 Å². The number of carbonyl (C=O) groups is 2. The molecule has 0 radical (unpaired) electrons. The lowest BCUT2D eigenvalue weighted by atomic mass is 9.89. The summed E-state index contributed by atoms with van der Waals surface area (Å²) in [5.41, 5.74) is 5.58. The maximum Gasteiger partial charge on any atom is 0.229 e. The number of likely N-dealkylation sites (tertiary alicyclic amines) is 1. The molecule has 0 saturated carbocycles. The Hall–Kier alpha value is -0.900. The molecular formula is C10H18N2O2. The molecule has 0 unspecified atom stereocenters. The molecule has 14 heavy (non-hydrogen) atoms. The molecule has 2 N–H and O–H groups in total. The number of rotatable bonds is 4. The molecule has 4 heteroatoms. The van der Waals surface area contributed by atoms with Gasteiger partial charge in [-0.1, -0.05) is 13.8 Å². The molecule has 0 aromatic heterocycles. The van der Waals surface area contributed by atoms with Gasteiger partial charge >= 0.3 is 0 Å². The van der Waals surface area contributed by atoms with Crippen LogP contribution in [0.2, 0.25) is 0 Å². The fraction of sp³-hybridized carbons (Fsp3) is 0.800. The maximum absolute atomic E-state index is 11.3. The summed E-state index contributed by atoms with van der Waals surface area (Å²) in [7, 11) is 0. The van der Waals surface area contributed by atoms with Crippen molar-refractivity contribution in [2.45, 2.75) is 33.1 Å². The summed E-state index contributed by atoms with van der Waals surface area (Å²) < 4.78 is 0. The topological polar surface area (TPSA) is 63.4 Å². The molecule has 1 fully saturated rings. The van der Waals surface area contributed by atoms with Crippen LogP contribution < -0.4 is 5.73 Å². The second-order valence-electron chi connectivity index (χ2n) is 4.56. The molecule has 0 spiro atoms. The van der Waals surface area contributed by atoms with E-state index in [1.54, 1.807) is 0 Å². The molecule has 1 rings (SSSR count). The largest absolute Gasteiger partial charge is 0.330 e. The molecule has 2 amide bonds. The molecule has 4 nitrogen and oxygen atoms in total. The summed E-state index contributed by atoms with van der Waals surface area (Å²) in [4.78, 5) is 23.9. The maximum atomic E-state index is 11.3. The molecule has 80 valence electrons. The number of nitrogens with two attached hydrogens (primary N) is 1. The Morgan fingerprint density at radius 1 is 1.29 bits per heavy atom. The molecule has 0 aliphatic carbocycles. The highest BCUT2D eigenvalue weighted by Crippen LogP contribution is 2.21. The predicted molar refractivity (Wildman–Crippen MR) is 53.4 cm³/mol. The van der Waals surface area contributed by atoms with Crippen LogP contribution in [0.5, 0.6) is 0 Å². The van der Waals surface area contributed by atoms with Crippen LogP contribution in [-0.2, 0) is 9.59 Å². The van der Waals surface area contributed by atoms with Gasteiger partial charge in [0.15, 0.2) is 0 Å². The number of nitrogens with zero attached hydrogens (tertiary/aromatic N) is 1. The van der Waals surface area contributed by atoms with Gasteiger partial charge in [0.05, 0.1) is 0 Å². The van der Waals surface area contributed by atoms with Gasteiger partial charge in [0.2, 0.25) is 11.8 Å². The van der Waals surface area contributed by atoms with Crippen LogP contribution in [0.3, 0.4) is 0 Å². The summed E-state index contributed by atoms with van der Waals surface area (Å²) in [6.45, 7) is 5.17. The molecule has 1 heterocycles. The normalized spacial score (nSPS) is 18.1. The van der Waals surface area contributed by atoms with Crippen LogP contribution in [0.15, 0.2) is 0 Å². The van der Waals surface area contributed by atoms with Crippen molar-refractivity contribution in [3.05, 3.63) is 0 Å². The Labute approximate surface area is 84.4 Å². The second-order valence-corrected chi connectivity index (χ2v) is 4.56. The van der Waals surface area contributed by atoms with E-state index in [2.05, 4.69) is 0 Å². The van der Waals surface area contributed by atoms with Gasteiger partial charge in [-0.15, -0.1) is 0 Å². The first-order valence-electron chi connectivity index (χ1n) is 4.99. The fourth-order valence-electron chi connectivity index (χ4n) is 1.39. The minimum absolute atomic E-state index is 0.00312. The highest BCUT2D eigenvalue weighted by atomic mass is 16.2. The molecule has 0 atom stereocenters. The first kappa shape index (κ1) is 11.2. The highest BCUT2D eigenvalue weighted by molar-refractivity contribution is 6.01. The first-order chi connectivity index (χ1) is 6.46. The molecule has 0 aromatic carbocycles. The van der Waals surface area contributed by atoms with E-state index in [0.717, 1.165) is 6.42 Å². The van der Waals surface area contributed by atoms with Gasteiger partial charge < -0.3 is 5.73 Å². The smallest absolute Gasteiger partial charge is 0.229 e. The predicted octanol–water partition coefficient (Wildman–Crippen LogP) is 0.510. The van der Waals surface area contributed by atoms with E-state index in [9.17, 15) is 9.59 Å². The van der Waals surface area contributed by atoms with Crippen LogP contribution >= 0.6 is 0 Å². The lowest BCUT2D eigenvalue weighted by Gasteiger charge is -2.24. The van der Waals surface area contributed by atoms with E-state index in [-0.39, 0.29) is 17.2 Å². The minimum Gasteiger partial charge on any atom is -0.330 e. The van der Waals surface area contributed by atoms with E-state index in [1.165, 1.54) is 4.90 Å². The van der Waals surface area contributed by atoms with Crippen LogP contribution in [0, 0.1) is 5.41 Å². The van der Waals surface area contributed by atoms with Crippen LogP contribution in [0.25, 0.3) is 0 Å². The summed E-state index contributed by atoms with van der Waals surface area (Å²) in [6.07, 6.45) is 1.53. The van der Waals surface area contributed by atoms with Crippen molar-refractivity contribution in [3.63, 3.8) is 0 Å². The molecule has 1 aliphatic heterocycles. The summed E-state index contributed by atoms with van der Waals surface area (Å²) in [5, 5.41) is 0. The van der Waals surface area contributed by atoms with Gasteiger partial charge in [-0.25, -0.2) is 0 Å². The average Bonchev–Trinajstić information content (AvgIpc) is 2.44. The van der Waals surface area contributed by atoms with Gasteiger partial charge in [0, 0.05) is 19.4 Å². The summed E-state index contributed by atoms with van der Waals surface area (Å²) >= 11 is 0. The van der Waals surface area contributed by atoms with Gasteiger partial charge in [-0.3, -0.25) is 14.5 Å². The molecular weight excluding hydrogens is 180 g/mol. The van der Waals surface area contributed by atoms with Crippen molar-refractivity contribution in [1.29, 1.82) is 0 Å². The zero-order valence-corrected chi connectivity index (χ0v) is 8.88. The van der Waals surface area contributed by atoms with Crippen molar-refractivity contribution in [3.8, 4) is 0 Å². The van der Waals surface area contributed by atoms with Gasteiger partial charge in [0.25, 0.3) is 0 Å². The Bertz CT molecular complexity index is 233. The van der Waals surface area contributed by atoms with Crippen molar-refractivity contribution in [2.75, 3.05) is 13.1 Å². The van der Waals surface area contributed by atoms with E-state index in [4.69, 9.17) is 5.73 Å². The number of carbonyl (C=O) groups excluding carboxylic acids is 2. The fourth-order valence-corrected chi connectivity index (χ4v) is 1.39. The molecule has 0 aromatic rings. The van der Waals surface area contributed by atoms with Gasteiger partial charge in [-0.05, 0) is 18.4 Å². The first-order valence-corrected chi connectivity index (χ1v) is 4.99. The van der Waals surface area contributed by atoms with Gasteiger partial charge in [0.1, 0.15) is 0 Å². The van der Waals surface area contributed by atoms with E-state index in [1.807, 2.05) is 13.8 Å². The van der Waals surface area contributed by atoms with E-state index >= 15 is 0 Å². The lowest BCUT2D eigenvalue weighted by Crippen LogP contribution is -2.34. The number of amides is 2. The zero-order valence-electron chi connectivity index (χ0n) is 8.88. The van der Waals surface area contributed by atoms with Crippen molar-refractivity contribution < 1.29 is 9.59 Å². The highest BCUT2D eigenvalue weighted by Gasteiger charge is 2.29. The third-order valence-corrected chi connectivity index (χ3v) is 2.72. The average molecular weight is 198 g/mol. The molecule has 1 saturated heterocycles. The third kappa shape index (κ3) is 2.54. The quantitative estimate of drug-likeness (QED) is 0.669.